The van der Waals surface area contributed by atoms with Crippen LogP contribution in [0.25, 0.3) is 0 Å². The highest BCUT2D eigenvalue weighted by molar-refractivity contribution is 4.79. The second kappa shape index (κ2) is 4.46. The van der Waals surface area contributed by atoms with Crippen LogP contribution in [0.1, 0.15) is 6.42 Å². The summed E-state index contributed by atoms with van der Waals surface area (Å²) >= 11 is 0. The molecule has 1 aliphatic heterocycles. The smallest absolute Gasteiger partial charge is 0.392 e. The molecule has 3 nitrogen and oxygen atoms in total. The third-order valence-electron chi connectivity index (χ3n) is 2.47. The van der Waals surface area contributed by atoms with Crippen molar-refractivity contribution in [3.05, 3.63) is 0 Å². The fraction of sp³-hybridized carbons (Fsp3) is 1.00. The lowest BCUT2D eigenvalue weighted by molar-refractivity contribution is -0.175. The number of nitrogens with zero attached hydrogens (tertiary/aromatic N) is 1. The third kappa shape index (κ3) is 3.11. The van der Waals surface area contributed by atoms with E-state index in [0.717, 1.165) is 0 Å². The number of rotatable bonds is 3. The Morgan fingerprint density at radius 1 is 1.50 bits per heavy atom. The molecule has 6 heteroatoms. The summed E-state index contributed by atoms with van der Waals surface area (Å²) in [5.41, 5.74) is 5.06. The lowest BCUT2D eigenvalue weighted by Crippen LogP contribution is -2.40. The van der Waals surface area contributed by atoms with Crippen molar-refractivity contribution >= 4 is 0 Å². The molecule has 0 radical (unpaired) electrons. The van der Waals surface area contributed by atoms with E-state index in [2.05, 4.69) is 0 Å². The van der Waals surface area contributed by atoms with Gasteiger partial charge < -0.3 is 15.7 Å². The van der Waals surface area contributed by atoms with Gasteiger partial charge in [0.25, 0.3) is 0 Å². The Kier molecular flexibility index (Phi) is 3.74. The van der Waals surface area contributed by atoms with Crippen LogP contribution in [0.4, 0.5) is 13.2 Å². The van der Waals surface area contributed by atoms with Crippen molar-refractivity contribution in [2.45, 2.75) is 18.7 Å². The number of alkyl halides is 3. The van der Waals surface area contributed by atoms with Crippen LogP contribution in [0.3, 0.4) is 0 Å². The molecule has 2 unspecified atom stereocenters. The van der Waals surface area contributed by atoms with Crippen LogP contribution in [-0.2, 0) is 0 Å². The van der Waals surface area contributed by atoms with E-state index in [1.807, 2.05) is 0 Å². The summed E-state index contributed by atoms with van der Waals surface area (Å²) < 4.78 is 36.9. The Balaban J connectivity index is 2.41. The highest BCUT2D eigenvalue weighted by Crippen LogP contribution is 2.27. The molecule has 0 bridgehead atoms. The molecule has 1 saturated heterocycles. The average Bonchev–Trinajstić information content (AvgIpc) is 2.45. The topological polar surface area (TPSA) is 49.5 Å². The van der Waals surface area contributed by atoms with Crippen molar-refractivity contribution in [2.24, 2.45) is 11.7 Å². The summed E-state index contributed by atoms with van der Waals surface area (Å²) in [7, 11) is 0. The summed E-state index contributed by atoms with van der Waals surface area (Å²) in [5.74, 6) is -1.48. The van der Waals surface area contributed by atoms with Crippen LogP contribution >= 0.6 is 0 Å². The van der Waals surface area contributed by atoms with Crippen molar-refractivity contribution in [1.82, 2.24) is 4.90 Å². The van der Waals surface area contributed by atoms with Crippen LogP contribution in [-0.4, -0.2) is 48.5 Å². The monoisotopic (exact) mass is 212 g/mol. The van der Waals surface area contributed by atoms with Crippen molar-refractivity contribution in [1.29, 1.82) is 0 Å². The van der Waals surface area contributed by atoms with Gasteiger partial charge in [-0.05, 0) is 6.42 Å². The number of hydrogen-bond donors (Lipinski definition) is 2. The number of halogens is 3. The molecule has 0 aromatic carbocycles. The fourth-order valence-corrected chi connectivity index (χ4v) is 1.60. The number of β-amino-alcohol motifs (C(OH)–C–C–N with tert-alkyl or cyclic N) is 1. The van der Waals surface area contributed by atoms with Crippen LogP contribution in [0.2, 0.25) is 0 Å². The van der Waals surface area contributed by atoms with Crippen molar-refractivity contribution < 1.29 is 18.3 Å². The van der Waals surface area contributed by atoms with Gasteiger partial charge >= 0.3 is 6.18 Å². The molecule has 1 aliphatic rings. The summed E-state index contributed by atoms with van der Waals surface area (Å²) in [5, 5.41) is 9.13. The predicted octanol–water partition coefficient (Wildman–Crippen LogP) is 0.190. The highest BCUT2D eigenvalue weighted by Gasteiger charge is 2.40. The maximum atomic E-state index is 12.3. The maximum absolute atomic E-state index is 12.3. The Morgan fingerprint density at radius 2 is 2.14 bits per heavy atom. The minimum absolute atomic E-state index is 0.100. The summed E-state index contributed by atoms with van der Waals surface area (Å²) in [6, 6.07) is 0. The van der Waals surface area contributed by atoms with E-state index >= 15 is 0 Å². The van der Waals surface area contributed by atoms with Gasteiger partial charge in [0.2, 0.25) is 0 Å². The number of aliphatic hydroxyl groups is 1. The third-order valence-corrected chi connectivity index (χ3v) is 2.47. The van der Waals surface area contributed by atoms with Gasteiger partial charge in [-0.25, -0.2) is 0 Å². The van der Waals surface area contributed by atoms with Crippen LogP contribution in [0, 0.1) is 5.92 Å². The van der Waals surface area contributed by atoms with Crippen LogP contribution in [0.15, 0.2) is 0 Å². The Hall–Kier alpha value is -0.330. The number of aliphatic hydroxyl groups excluding tert-OH is 1. The van der Waals surface area contributed by atoms with Crippen molar-refractivity contribution in [2.75, 3.05) is 26.2 Å². The molecule has 1 fully saturated rings. The van der Waals surface area contributed by atoms with E-state index in [9.17, 15) is 13.2 Å². The molecule has 0 spiro atoms. The zero-order chi connectivity index (χ0) is 10.8. The summed E-state index contributed by atoms with van der Waals surface area (Å²) in [4.78, 5) is 1.61. The van der Waals surface area contributed by atoms with Crippen LogP contribution in [0.5, 0.6) is 0 Å². The molecule has 1 rings (SSSR count). The first-order valence-corrected chi connectivity index (χ1v) is 4.60. The van der Waals surface area contributed by atoms with Gasteiger partial charge in [0.15, 0.2) is 0 Å². The van der Waals surface area contributed by atoms with Gasteiger partial charge in [0, 0.05) is 26.2 Å². The second-order valence-electron chi connectivity index (χ2n) is 3.68. The van der Waals surface area contributed by atoms with Crippen molar-refractivity contribution in [3.8, 4) is 0 Å². The molecule has 3 N–H and O–H groups in total. The molecule has 84 valence electrons. The SMILES string of the molecule is NCC(CN1CCC(O)C1)C(F)(F)F. The minimum atomic E-state index is -4.23. The quantitative estimate of drug-likeness (QED) is 0.702. The first kappa shape index (κ1) is 11.7. The first-order valence-electron chi connectivity index (χ1n) is 4.60. The van der Waals surface area contributed by atoms with E-state index in [4.69, 9.17) is 10.8 Å². The average molecular weight is 212 g/mol. The molecular weight excluding hydrogens is 197 g/mol. The molecule has 0 aromatic heterocycles. The molecule has 0 aliphatic carbocycles. The normalized spacial score (nSPS) is 26.8. The Bertz CT molecular complexity index is 186. The van der Waals surface area contributed by atoms with Gasteiger partial charge in [-0.15, -0.1) is 0 Å². The Morgan fingerprint density at radius 3 is 2.50 bits per heavy atom. The summed E-state index contributed by atoms with van der Waals surface area (Å²) in [6.45, 7) is 0.355. The van der Waals surface area contributed by atoms with Gasteiger partial charge in [-0.3, -0.25) is 0 Å². The largest absolute Gasteiger partial charge is 0.394 e. The zero-order valence-electron chi connectivity index (χ0n) is 7.80. The molecule has 0 saturated carbocycles. The van der Waals surface area contributed by atoms with E-state index in [-0.39, 0.29) is 6.54 Å². The van der Waals surface area contributed by atoms with Gasteiger partial charge in [-0.2, -0.15) is 13.2 Å². The number of hydrogen-bond acceptors (Lipinski definition) is 3. The van der Waals surface area contributed by atoms with E-state index in [1.54, 1.807) is 4.90 Å². The van der Waals surface area contributed by atoms with E-state index in [0.29, 0.717) is 19.5 Å². The molecule has 14 heavy (non-hydrogen) atoms. The maximum Gasteiger partial charge on any atom is 0.394 e. The molecular formula is C8H15F3N2O. The fourth-order valence-electron chi connectivity index (χ4n) is 1.60. The van der Waals surface area contributed by atoms with Gasteiger partial charge in [0.05, 0.1) is 12.0 Å². The highest BCUT2D eigenvalue weighted by atomic mass is 19.4. The molecule has 0 aromatic rings. The van der Waals surface area contributed by atoms with Crippen molar-refractivity contribution in [3.63, 3.8) is 0 Å². The lowest BCUT2D eigenvalue weighted by Gasteiger charge is -2.24. The van der Waals surface area contributed by atoms with E-state index < -0.39 is 24.7 Å². The predicted molar refractivity (Wildman–Crippen MR) is 45.7 cm³/mol. The van der Waals surface area contributed by atoms with Gasteiger partial charge in [-0.1, -0.05) is 0 Å². The standard InChI is InChI=1S/C8H15F3N2O/c9-8(10,11)6(3-12)4-13-2-1-7(14)5-13/h6-7,14H,1-5,12H2. The zero-order valence-corrected chi connectivity index (χ0v) is 7.80. The number of likely N-dealkylation sites (tertiary alicyclic amines) is 1. The Labute approximate surface area is 80.7 Å². The lowest BCUT2D eigenvalue weighted by atomic mass is 10.1. The van der Waals surface area contributed by atoms with Crippen LogP contribution < -0.4 is 5.73 Å². The number of nitrogens with two attached hydrogens (primary N) is 1. The van der Waals surface area contributed by atoms with Gasteiger partial charge in [0.1, 0.15) is 0 Å². The molecule has 0 amide bonds. The second-order valence-corrected chi connectivity index (χ2v) is 3.68. The minimum Gasteiger partial charge on any atom is -0.392 e. The molecule has 2 atom stereocenters. The summed E-state index contributed by atoms with van der Waals surface area (Å²) in [6.07, 6.45) is -4.17. The van der Waals surface area contributed by atoms with E-state index in [1.165, 1.54) is 0 Å². The molecule has 1 heterocycles. The first-order chi connectivity index (χ1) is 6.43.